The molecule has 120 valence electrons. The maximum absolute atomic E-state index is 12.0. The van der Waals surface area contributed by atoms with Crippen LogP contribution in [0.2, 0.25) is 0 Å². The fourth-order valence-corrected chi connectivity index (χ4v) is 2.53. The van der Waals surface area contributed by atoms with Gasteiger partial charge in [-0.15, -0.1) is 0 Å². The second kappa shape index (κ2) is 6.97. The molecule has 1 unspecified atom stereocenters. The predicted octanol–water partition coefficient (Wildman–Crippen LogP) is 3.05. The van der Waals surface area contributed by atoms with Crippen LogP contribution in [0.15, 0.2) is 48.5 Å². The summed E-state index contributed by atoms with van der Waals surface area (Å²) in [5.41, 5.74) is 0.566. The minimum atomic E-state index is -1.21. The van der Waals surface area contributed by atoms with E-state index in [4.69, 9.17) is 14.7 Å². The number of hydrogen-bond donors (Lipinski definition) is 0. The Morgan fingerprint density at radius 1 is 0.875 bits per heavy atom. The van der Waals surface area contributed by atoms with Gasteiger partial charge in [-0.1, -0.05) is 18.2 Å². The van der Waals surface area contributed by atoms with Gasteiger partial charge in [-0.25, -0.2) is 0 Å². The number of carbonyl (C=O) groups excluding carboxylic acids is 2. The summed E-state index contributed by atoms with van der Waals surface area (Å²) in [4.78, 5) is 23.9. The number of fused-ring (bicyclic) bond motifs is 1. The van der Waals surface area contributed by atoms with Crippen LogP contribution in [0.25, 0.3) is 0 Å². The molecule has 0 N–H and O–H groups in total. The zero-order chi connectivity index (χ0) is 16.9. The molecule has 0 heterocycles. The third-order valence-corrected chi connectivity index (χ3v) is 3.74. The Morgan fingerprint density at radius 3 is 2.25 bits per heavy atom. The number of nitriles is 1. The van der Waals surface area contributed by atoms with Gasteiger partial charge in [0.15, 0.2) is 17.5 Å². The van der Waals surface area contributed by atoms with Gasteiger partial charge in [0.1, 0.15) is 11.5 Å². The van der Waals surface area contributed by atoms with E-state index >= 15 is 0 Å². The maximum Gasteiger partial charge on any atom is 0.188 e. The van der Waals surface area contributed by atoms with E-state index in [2.05, 4.69) is 0 Å². The van der Waals surface area contributed by atoms with Gasteiger partial charge in [-0.2, -0.15) is 5.26 Å². The number of hydrogen-bond acceptors (Lipinski definition) is 5. The van der Waals surface area contributed by atoms with E-state index < -0.39 is 17.5 Å². The van der Waals surface area contributed by atoms with Gasteiger partial charge in [-0.3, -0.25) is 9.59 Å². The molecule has 0 amide bonds. The first kappa shape index (κ1) is 15.8. The van der Waals surface area contributed by atoms with Gasteiger partial charge in [0.05, 0.1) is 19.3 Å². The number of benzene rings is 2. The zero-order valence-corrected chi connectivity index (χ0v) is 12.9. The molecule has 5 heteroatoms. The van der Waals surface area contributed by atoms with Crippen molar-refractivity contribution in [3.8, 4) is 17.6 Å². The summed E-state index contributed by atoms with van der Waals surface area (Å²) >= 11 is 0. The van der Waals surface area contributed by atoms with E-state index in [9.17, 15) is 9.59 Å². The minimum absolute atomic E-state index is 0.268. The Kier molecular flexibility index (Phi) is 4.57. The molecule has 5 nitrogen and oxygen atoms in total. The number of rotatable bonds is 6. The molecule has 0 aromatic heterocycles. The van der Waals surface area contributed by atoms with Crippen LogP contribution in [-0.2, 0) is 0 Å². The standard InChI is InChI=1S/C19H15NO4/c20-12-17-18(21)15-8-7-14(11-16(15)19(17)22)24-10-4-9-23-13-5-2-1-3-6-13/h1-3,5-8,11,17H,4,9-10H2. The summed E-state index contributed by atoms with van der Waals surface area (Å²) in [5.74, 6) is -0.778. The predicted molar refractivity (Wildman–Crippen MR) is 86.3 cm³/mol. The lowest BCUT2D eigenvalue weighted by molar-refractivity contribution is 0.0876. The molecule has 0 saturated carbocycles. The van der Waals surface area contributed by atoms with Crippen molar-refractivity contribution >= 4 is 11.6 Å². The second-order valence-corrected chi connectivity index (χ2v) is 5.36. The van der Waals surface area contributed by atoms with Crippen molar-refractivity contribution in [2.45, 2.75) is 6.42 Å². The first-order chi connectivity index (χ1) is 11.7. The second-order valence-electron chi connectivity index (χ2n) is 5.36. The minimum Gasteiger partial charge on any atom is -0.493 e. The molecule has 0 fully saturated rings. The van der Waals surface area contributed by atoms with Gasteiger partial charge in [-0.05, 0) is 30.3 Å². The quantitative estimate of drug-likeness (QED) is 0.604. The van der Waals surface area contributed by atoms with Crippen molar-refractivity contribution in [3.63, 3.8) is 0 Å². The number of ketones is 2. The van der Waals surface area contributed by atoms with Crippen molar-refractivity contribution in [1.29, 1.82) is 5.26 Å². The number of para-hydroxylation sites is 1. The Bertz CT molecular complexity index is 808. The molecular weight excluding hydrogens is 306 g/mol. The van der Waals surface area contributed by atoms with E-state index in [0.29, 0.717) is 30.9 Å². The average molecular weight is 321 g/mol. The smallest absolute Gasteiger partial charge is 0.188 e. The van der Waals surface area contributed by atoms with E-state index in [1.165, 1.54) is 6.07 Å². The van der Waals surface area contributed by atoms with Gasteiger partial charge in [0.2, 0.25) is 0 Å². The molecule has 0 bridgehead atoms. The van der Waals surface area contributed by atoms with E-state index in [1.807, 2.05) is 30.3 Å². The highest BCUT2D eigenvalue weighted by Gasteiger charge is 2.38. The highest BCUT2D eigenvalue weighted by molar-refractivity contribution is 6.28. The molecule has 2 aromatic rings. The first-order valence-corrected chi connectivity index (χ1v) is 7.63. The van der Waals surface area contributed by atoms with Crippen molar-refractivity contribution in [3.05, 3.63) is 59.7 Å². The van der Waals surface area contributed by atoms with Gasteiger partial charge in [0, 0.05) is 17.5 Å². The van der Waals surface area contributed by atoms with Crippen LogP contribution in [0, 0.1) is 17.2 Å². The van der Waals surface area contributed by atoms with Gasteiger partial charge < -0.3 is 9.47 Å². The van der Waals surface area contributed by atoms with Crippen LogP contribution in [0.3, 0.4) is 0 Å². The molecule has 1 aliphatic carbocycles. The molecule has 0 radical (unpaired) electrons. The van der Waals surface area contributed by atoms with Crippen LogP contribution >= 0.6 is 0 Å². The molecule has 2 aromatic carbocycles. The van der Waals surface area contributed by atoms with Crippen LogP contribution < -0.4 is 9.47 Å². The fourth-order valence-electron chi connectivity index (χ4n) is 2.53. The molecule has 0 aliphatic heterocycles. The molecule has 1 aliphatic rings. The van der Waals surface area contributed by atoms with Crippen LogP contribution in [-0.4, -0.2) is 24.8 Å². The average Bonchev–Trinajstić information content (AvgIpc) is 2.85. The van der Waals surface area contributed by atoms with Crippen molar-refractivity contribution in [1.82, 2.24) is 0 Å². The lowest BCUT2D eigenvalue weighted by Gasteiger charge is -2.08. The monoisotopic (exact) mass is 321 g/mol. The number of nitrogens with zero attached hydrogens (tertiary/aromatic N) is 1. The normalized spacial score (nSPS) is 15.7. The number of carbonyl (C=O) groups is 2. The van der Waals surface area contributed by atoms with Crippen LogP contribution in [0.4, 0.5) is 0 Å². The molecule has 1 atom stereocenters. The number of ether oxygens (including phenoxy) is 2. The summed E-state index contributed by atoms with van der Waals surface area (Å²) in [6.07, 6.45) is 0.680. The Balaban J connectivity index is 1.53. The Hall–Kier alpha value is -3.13. The summed E-state index contributed by atoms with van der Waals surface area (Å²) in [7, 11) is 0. The van der Waals surface area contributed by atoms with Gasteiger partial charge in [0.25, 0.3) is 0 Å². The SMILES string of the molecule is N#CC1C(=O)c2ccc(OCCCOc3ccccc3)cc2C1=O. The van der Waals surface area contributed by atoms with Crippen LogP contribution in [0.5, 0.6) is 11.5 Å². The molecule has 0 saturated heterocycles. The van der Waals surface area contributed by atoms with E-state index in [1.54, 1.807) is 18.2 Å². The highest BCUT2D eigenvalue weighted by Crippen LogP contribution is 2.29. The summed E-state index contributed by atoms with van der Waals surface area (Å²) < 4.78 is 11.2. The van der Waals surface area contributed by atoms with Crippen LogP contribution in [0.1, 0.15) is 27.1 Å². The Morgan fingerprint density at radius 2 is 1.54 bits per heavy atom. The third-order valence-electron chi connectivity index (χ3n) is 3.74. The van der Waals surface area contributed by atoms with Crippen molar-refractivity contribution in [2.75, 3.05) is 13.2 Å². The number of Topliss-reactive ketones (excluding diaryl/α,β-unsaturated/α-hetero) is 2. The summed E-state index contributed by atoms with van der Waals surface area (Å²) in [5, 5.41) is 8.91. The lowest BCUT2D eigenvalue weighted by Crippen LogP contribution is -2.11. The summed E-state index contributed by atoms with van der Waals surface area (Å²) in [6.45, 7) is 0.943. The van der Waals surface area contributed by atoms with Gasteiger partial charge >= 0.3 is 0 Å². The topological polar surface area (TPSA) is 76.4 Å². The van der Waals surface area contributed by atoms with Crippen molar-refractivity contribution < 1.29 is 19.1 Å². The fraction of sp³-hybridized carbons (Fsp3) is 0.211. The first-order valence-electron chi connectivity index (χ1n) is 7.63. The van der Waals surface area contributed by atoms with E-state index in [0.717, 1.165) is 5.75 Å². The molecule has 0 spiro atoms. The molecule has 3 rings (SSSR count). The zero-order valence-electron chi connectivity index (χ0n) is 12.9. The summed E-state index contributed by atoms with van der Waals surface area (Å²) in [6, 6.07) is 16.0. The molecule has 24 heavy (non-hydrogen) atoms. The largest absolute Gasteiger partial charge is 0.493 e. The third kappa shape index (κ3) is 3.13. The van der Waals surface area contributed by atoms with E-state index in [-0.39, 0.29) is 5.56 Å². The molecular formula is C19H15NO4. The Labute approximate surface area is 139 Å². The lowest BCUT2D eigenvalue weighted by atomic mass is 10.1. The maximum atomic E-state index is 12.0. The van der Waals surface area contributed by atoms with Crippen molar-refractivity contribution in [2.24, 2.45) is 5.92 Å². The highest BCUT2D eigenvalue weighted by atomic mass is 16.5.